The minimum atomic E-state index is -2.95. The maximum atomic E-state index is 12.4. The minimum absolute atomic E-state index is 0.0320. The summed E-state index contributed by atoms with van der Waals surface area (Å²) in [6.07, 6.45) is 2.84. The fourth-order valence-corrected chi connectivity index (χ4v) is 4.99. The number of nitrogens with zero attached hydrogens (tertiary/aromatic N) is 2. The lowest BCUT2D eigenvalue weighted by atomic mass is 10.1. The van der Waals surface area contributed by atoms with Crippen LogP contribution in [0, 0.1) is 0 Å². The lowest BCUT2D eigenvalue weighted by molar-refractivity contribution is -0.133. The lowest BCUT2D eigenvalue weighted by Crippen LogP contribution is -2.51. The Kier molecular flexibility index (Phi) is 5.62. The summed E-state index contributed by atoms with van der Waals surface area (Å²) in [6.45, 7) is 5.29. The van der Waals surface area contributed by atoms with E-state index in [-0.39, 0.29) is 23.5 Å². The van der Waals surface area contributed by atoms with Gasteiger partial charge >= 0.3 is 0 Å². The fraction of sp³-hybridized carbons (Fsp3) is 0.929. The molecule has 1 N–H and O–H groups in total. The molecule has 2 heterocycles. The molecule has 0 aliphatic carbocycles. The first-order valence-electron chi connectivity index (χ1n) is 7.84. The number of amides is 1. The molecule has 0 aromatic rings. The number of likely N-dealkylation sites (N-methyl/N-ethyl adjacent to an activating group) is 2. The highest BCUT2D eigenvalue weighted by molar-refractivity contribution is 7.91. The van der Waals surface area contributed by atoms with Crippen molar-refractivity contribution in [2.24, 2.45) is 0 Å². The van der Waals surface area contributed by atoms with Gasteiger partial charge in [-0.05, 0) is 32.4 Å². The van der Waals surface area contributed by atoms with Gasteiger partial charge in [0, 0.05) is 25.7 Å². The van der Waals surface area contributed by atoms with Gasteiger partial charge in [0.25, 0.3) is 0 Å². The van der Waals surface area contributed by atoms with Crippen LogP contribution in [-0.4, -0.2) is 80.9 Å². The summed E-state index contributed by atoms with van der Waals surface area (Å²) in [5.74, 6) is 0.357. The molecule has 2 unspecified atom stereocenters. The van der Waals surface area contributed by atoms with E-state index >= 15 is 0 Å². The molecular formula is C14H27N3O3S. The molecule has 2 aliphatic rings. The monoisotopic (exact) mass is 317 g/mol. The predicted octanol–water partition coefficient (Wildman–Crippen LogP) is -0.294. The number of nitrogens with one attached hydrogen (secondary N) is 1. The Bertz CT molecular complexity index is 460. The van der Waals surface area contributed by atoms with Gasteiger partial charge in [-0.1, -0.05) is 6.92 Å². The molecule has 2 aliphatic heterocycles. The number of hydrogen-bond donors (Lipinski definition) is 1. The molecule has 7 heteroatoms. The second kappa shape index (κ2) is 7.07. The number of sulfone groups is 1. The number of carbonyl (C=O) groups excluding carboxylic acids is 1. The number of carbonyl (C=O) groups is 1. The zero-order chi connectivity index (χ0) is 15.5. The maximum Gasteiger partial charge on any atom is 0.236 e. The summed E-state index contributed by atoms with van der Waals surface area (Å²) in [6, 6.07) is 0.263. The number of piperidine rings is 1. The van der Waals surface area contributed by atoms with Crippen LogP contribution < -0.4 is 5.32 Å². The van der Waals surface area contributed by atoms with E-state index in [1.165, 1.54) is 0 Å². The Labute approximate surface area is 127 Å². The van der Waals surface area contributed by atoms with Gasteiger partial charge in [-0.2, -0.15) is 0 Å². The molecule has 0 saturated carbocycles. The minimum Gasteiger partial charge on any atom is -0.341 e. The van der Waals surface area contributed by atoms with Crippen molar-refractivity contribution in [1.29, 1.82) is 0 Å². The second-order valence-corrected chi connectivity index (χ2v) is 8.35. The zero-order valence-corrected chi connectivity index (χ0v) is 13.9. The van der Waals surface area contributed by atoms with E-state index in [9.17, 15) is 13.2 Å². The highest BCUT2D eigenvalue weighted by Gasteiger charge is 2.33. The summed E-state index contributed by atoms with van der Waals surface area (Å²) in [5.41, 5.74) is 0. The third kappa shape index (κ3) is 4.40. The smallest absolute Gasteiger partial charge is 0.236 e. The second-order valence-electron chi connectivity index (χ2n) is 6.12. The van der Waals surface area contributed by atoms with Crippen LogP contribution in [-0.2, 0) is 14.6 Å². The van der Waals surface area contributed by atoms with E-state index in [0.717, 1.165) is 32.5 Å². The first-order valence-corrected chi connectivity index (χ1v) is 9.66. The van der Waals surface area contributed by atoms with Gasteiger partial charge in [0.05, 0.1) is 18.1 Å². The van der Waals surface area contributed by atoms with Crippen molar-refractivity contribution in [1.82, 2.24) is 15.1 Å². The molecule has 6 nitrogen and oxygen atoms in total. The molecule has 122 valence electrons. The lowest BCUT2D eigenvalue weighted by Gasteiger charge is -2.35. The molecule has 0 aromatic heterocycles. The standard InChI is InChI=1S/C14H27N3O3S/c1-3-17(12-5-4-7-15-9-12)10-14(18)16(2)13-6-8-21(19,20)11-13/h12-13,15H,3-11H2,1-2H3. The molecule has 0 aromatic carbocycles. The Morgan fingerprint density at radius 3 is 2.57 bits per heavy atom. The van der Waals surface area contributed by atoms with Gasteiger partial charge in [0.2, 0.25) is 5.91 Å². The van der Waals surface area contributed by atoms with Gasteiger partial charge in [-0.15, -0.1) is 0 Å². The quantitative estimate of drug-likeness (QED) is 0.754. The Morgan fingerprint density at radius 2 is 2.05 bits per heavy atom. The van der Waals surface area contributed by atoms with Gasteiger partial charge < -0.3 is 10.2 Å². The molecule has 21 heavy (non-hydrogen) atoms. The first kappa shape index (κ1) is 16.7. The van der Waals surface area contributed by atoms with Gasteiger partial charge in [-0.3, -0.25) is 9.69 Å². The third-order valence-corrected chi connectivity index (χ3v) is 6.43. The van der Waals surface area contributed by atoms with Crippen LogP contribution in [0.3, 0.4) is 0 Å². The van der Waals surface area contributed by atoms with Crippen molar-refractivity contribution >= 4 is 15.7 Å². The average molecular weight is 317 g/mol. The molecular weight excluding hydrogens is 290 g/mol. The molecule has 2 fully saturated rings. The predicted molar refractivity (Wildman–Crippen MR) is 83.0 cm³/mol. The van der Waals surface area contributed by atoms with Crippen molar-refractivity contribution in [2.45, 2.75) is 38.3 Å². The van der Waals surface area contributed by atoms with E-state index in [0.29, 0.717) is 19.0 Å². The van der Waals surface area contributed by atoms with E-state index in [1.54, 1.807) is 11.9 Å². The normalized spacial score (nSPS) is 28.7. The first-order chi connectivity index (χ1) is 9.93. The van der Waals surface area contributed by atoms with E-state index < -0.39 is 9.84 Å². The molecule has 2 rings (SSSR count). The maximum absolute atomic E-state index is 12.4. The van der Waals surface area contributed by atoms with Crippen molar-refractivity contribution in [2.75, 3.05) is 44.7 Å². The van der Waals surface area contributed by atoms with E-state index in [1.807, 2.05) is 0 Å². The van der Waals surface area contributed by atoms with Crippen LogP contribution in [0.25, 0.3) is 0 Å². The highest BCUT2D eigenvalue weighted by Crippen LogP contribution is 2.17. The number of hydrogen-bond acceptors (Lipinski definition) is 5. The summed E-state index contributed by atoms with van der Waals surface area (Å²) in [4.78, 5) is 16.3. The number of rotatable bonds is 5. The van der Waals surface area contributed by atoms with Crippen LogP contribution in [0.2, 0.25) is 0 Å². The fourth-order valence-electron chi connectivity index (χ4n) is 3.21. The van der Waals surface area contributed by atoms with Crippen molar-refractivity contribution in [3.8, 4) is 0 Å². The Balaban J connectivity index is 1.89. The van der Waals surface area contributed by atoms with Crippen molar-refractivity contribution < 1.29 is 13.2 Å². The van der Waals surface area contributed by atoms with Crippen LogP contribution in [0.5, 0.6) is 0 Å². The zero-order valence-electron chi connectivity index (χ0n) is 13.0. The summed E-state index contributed by atoms with van der Waals surface area (Å²) >= 11 is 0. The Morgan fingerprint density at radius 1 is 1.29 bits per heavy atom. The van der Waals surface area contributed by atoms with Crippen molar-refractivity contribution in [3.63, 3.8) is 0 Å². The summed E-state index contributed by atoms with van der Waals surface area (Å²) in [5, 5.41) is 3.37. The summed E-state index contributed by atoms with van der Waals surface area (Å²) in [7, 11) is -1.21. The Hall–Kier alpha value is -0.660. The van der Waals surface area contributed by atoms with Crippen LogP contribution in [0.4, 0.5) is 0 Å². The van der Waals surface area contributed by atoms with Gasteiger partial charge in [0.1, 0.15) is 0 Å². The van der Waals surface area contributed by atoms with Crippen LogP contribution in [0.15, 0.2) is 0 Å². The molecule has 0 spiro atoms. The SMILES string of the molecule is CCN(CC(=O)N(C)C1CCS(=O)(=O)C1)C1CCCNC1. The van der Waals surface area contributed by atoms with Crippen LogP contribution >= 0.6 is 0 Å². The molecule has 1 amide bonds. The van der Waals surface area contributed by atoms with Crippen molar-refractivity contribution in [3.05, 3.63) is 0 Å². The average Bonchev–Trinajstić information content (AvgIpc) is 2.84. The topological polar surface area (TPSA) is 69.7 Å². The third-order valence-electron chi connectivity index (χ3n) is 4.68. The summed E-state index contributed by atoms with van der Waals surface area (Å²) < 4.78 is 23.1. The van der Waals surface area contributed by atoms with Crippen LogP contribution in [0.1, 0.15) is 26.2 Å². The largest absolute Gasteiger partial charge is 0.341 e. The molecule has 2 atom stereocenters. The highest BCUT2D eigenvalue weighted by atomic mass is 32.2. The van der Waals surface area contributed by atoms with E-state index in [4.69, 9.17) is 0 Å². The molecule has 0 radical (unpaired) electrons. The molecule has 0 bridgehead atoms. The van der Waals surface area contributed by atoms with E-state index in [2.05, 4.69) is 17.1 Å². The molecule has 2 saturated heterocycles. The van der Waals surface area contributed by atoms with Gasteiger partial charge in [0.15, 0.2) is 9.84 Å². The van der Waals surface area contributed by atoms with Gasteiger partial charge in [-0.25, -0.2) is 8.42 Å².